The predicted molar refractivity (Wildman–Crippen MR) is 117 cm³/mol. The molecule has 2 aromatic carbocycles. The lowest BCUT2D eigenvalue weighted by atomic mass is 9.81. The van der Waals surface area contributed by atoms with Crippen molar-refractivity contribution in [3.8, 4) is 0 Å². The second-order valence-electron chi connectivity index (χ2n) is 8.37. The van der Waals surface area contributed by atoms with Crippen LogP contribution in [0, 0.1) is 17.7 Å². The van der Waals surface area contributed by atoms with Gasteiger partial charge in [0, 0.05) is 25.3 Å². The Morgan fingerprint density at radius 1 is 1.10 bits per heavy atom. The van der Waals surface area contributed by atoms with E-state index in [4.69, 9.17) is 10.7 Å². The van der Waals surface area contributed by atoms with Crippen LogP contribution in [-0.2, 0) is 13.0 Å². The minimum Gasteiger partial charge on any atom is -0.338 e. The number of guanidine groups is 1. The number of benzene rings is 2. The van der Waals surface area contributed by atoms with E-state index in [2.05, 4.69) is 34.5 Å². The van der Waals surface area contributed by atoms with Crippen LogP contribution >= 0.6 is 0 Å². The first kappa shape index (κ1) is 19.9. The molecule has 1 heterocycles. The van der Waals surface area contributed by atoms with Gasteiger partial charge >= 0.3 is 0 Å². The third-order valence-corrected chi connectivity index (χ3v) is 6.23. The van der Waals surface area contributed by atoms with Crippen molar-refractivity contribution in [1.82, 2.24) is 4.90 Å². The highest BCUT2D eigenvalue weighted by molar-refractivity contribution is 5.93. The molecule has 1 saturated carbocycles. The summed E-state index contributed by atoms with van der Waals surface area (Å²) < 4.78 is 13.7. The van der Waals surface area contributed by atoms with Gasteiger partial charge in [0.15, 0.2) is 5.96 Å². The Labute approximate surface area is 173 Å². The SMILES string of the molecule is NCC1CCCC(CN=C(Nc2cccc(F)c2)N2CCc3ccccc3C2)C1. The number of nitrogens with zero attached hydrogens (tertiary/aromatic N) is 2. The van der Waals surface area contributed by atoms with Gasteiger partial charge in [0.2, 0.25) is 0 Å². The van der Waals surface area contributed by atoms with Crippen molar-refractivity contribution in [3.05, 3.63) is 65.5 Å². The van der Waals surface area contributed by atoms with Gasteiger partial charge in [-0.1, -0.05) is 36.8 Å². The summed E-state index contributed by atoms with van der Waals surface area (Å²) in [4.78, 5) is 7.29. The number of fused-ring (bicyclic) bond motifs is 1. The fourth-order valence-electron chi connectivity index (χ4n) is 4.59. The molecule has 4 rings (SSSR count). The van der Waals surface area contributed by atoms with Gasteiger partial charge in [-0.15, -0.1) is 0 Å². The number of nitrogens with two attached hydrogens (primary N) is 1. The molecule has 0 spiro atoms. The molecule has 5 heteroatoms. The molecule has 2 atom stereocenters. The first-order chi connectivity index (χ1) is 14.2. The van der Waals surface area contributed by atoms with Crippen molar-refractivity contribution in [2.45, 2.75) is 38.6 Å². The van der Waals surface area contributed by atoms with Gasteiger partial charge in [0.25, 0.3) is 0 Å². The van der Waals surface area contributed by atoms with Gasteiger partial charge in [0.1, 0.15) is 5.82 Å². The van der Waals surface area contributed by atoms with Crippen LogP contribution in [-0.4, -0.2) is 30.5 Å². The van der Waals surface area contributed by atoms with E-state index in [-0.39, 0.29) is 5.82 Å². The van der Waals surface area contributed by atoms with Gasteiger partial charge in [-0.25, -0.2) is 4.39 Å². The van der Waals surface area contributed by atoms with Gasteiger partial charge in [-0.3, -0.25) is 4.99 Å². The summed E-state index contributed by atoms with van der Waals surface area (Å²) in [6.07, 6.45) is 5.87. The summed E-state index contributed by atoms with van der Waals surface area (Å²) in [7, 11) is 0. The molecule has 4 nitrogen and oxygen atoms in total. The Morgan fingerprint density at radius 3 is 2.76 bits per heavy atom. The summed E-state index contributed by atoms with van der Waals surface area (Å²) in [6.45, 7) is 3.31. The standard InChI is InChI=1S/C24H31FN4/c25-22-9-4-10-23(14-22)28-24(27-16-19-6-3-5-18(13-19)15-26)29-12-11-20-7-1-2-8-21(20)17-29/h1-2,4,7-10,14,18-19H,3,5-6,11-13,15-17,26H2,(H,27,28). The largest absolute Gasteiger partial charge is 0.338 e. The topological polar surface area (TPSA) is 53.6 Å². The molecule has 2 aliphatic rings. The molecule has 29 heavy (non-hydrogen) atoms. The van der Waals surface area contributed by atoms with Crippen LogP contribution in [0.1, 0.15) is 36.8 Å². The van der Waals surface area contributed by atoms with Crippen molar-refractivity contribution in [3.63, 3.8) is 0 Å². The van der Waals surface area contributed by atoms with E-state index in [0.29, 0.717) is 11.8 Å². The molecule has 2 aromatic rings. The summed E-state index contributed by atoms with van der Waals surface area (Å²) in [5.41, 5.74) is 9.40. The van der Waals surface area contributed by atoms with Crippen LogP contribution in [0.2, 0.25) is 0 Å². The first-order valence-corrected chi connectivity index (χ1v) is 10.8. The molecule has 154 valence electrons. The Morgan fingerprint density at radius 2 is 1.93 bits per heavy atom. The van der Waals surface area contributed by atoms with E-state index in [0.717, 1.165) is 50.7 Å². The summed E-state index contributed by atoms with van der Waals surface area (Å²) >= 11 is 0. The number of anilines is 1. The predicted octanol–water partition coefficient (Wildman–Crippen LogP) is 4.42. The van der Waals surface area contributed by atoms with Crippen LogP contribution in [0.3, 0.4) is 0 Å². The zero-order valence-corrected chi connectivity index (χ0v) is 17.0. The minimum atomic E-state index is -0.239. The van der Waals surface area contributed by atoms with E-state index in [9.17, 15) is 4.39 Å². The fourth-order valence-corrected chi connectivity index (χ4v) is 4.59. The summed E-state index contributed by atoms with van der Waals surface area (Å²) in [5.74, 6) is 1.82. The van der Waals surface area contributed by atoms with Crippen LogP contribution in [0.5, 0.6) is 0 Å². The van der Waals surface area contributed by atoms with Crippen LogP contribution in [0.25, 0.3) is 0 Å². The first-order valence-electron chi connectivity index (χ1n) is 10.8. The zero-order valence-electron chi connectivity index (χ0n) is 17.0. The Balaban J connectivity index is 1.52. The molecule has 2 unspecified atom stereocenters. The van der Waals surface area contributed by atoms with E-state index in [1.54, 1.807) is 6.07 Å². The molecule has 0 radical (unpaired) electrons. The molecule has 0 amide bonds. The average molecular weight is 395 g/mol. The minimum absolute atomic E-state index is 0.239. The highest BCUT2D eigenvalue weighted by atomic mass is 19.1. The Bertz CT molecular complexity index is 850. The fraction of sp³-hybridized carbons (Fsp3) is 0.458. The number of nitrogens with one attached hydrogen (secondary N) is 1. The van der Waals surface area contributed by atoms with Gasteiger partial charge in [-0.05, 0) is 73.4 Å². The normalized spacial score (nSPS) is 22.3. The third-order valence-electron chi connectivity index (χ3n) is 6.23. The van der Waals surface area contributed by atoms with Gasteiger partial charge in [-0.2, -0.15) is 0 Å². The quantitative estimate of drug-likeness (QED) is 0.596. The zero-order chi connectivity index (χ0) is 20.1. The second kappa shape index (κ2) is 9.40. The third kappa shape index (κ3) is 5.15. The molecule has 0 aromatic heterocycles. The number of aliphatic imine (C=N–C) groups is 1. The molecule has 0 bridgehead atoms. The Kier molecular flexibility index (Phi) is 6.45. The van der Waals surface area contributed by atoms with Gasteiger partial charge in [0.05, 0.1) is 0 Å². The van der Waals surface area contributed by atoms with Crippen molar-refractivity contribution >= 4 is 11.6 Å². The number of hydrogen-bond donors (Lipinski definition) is 2. The maximum absolute atomic E-state index is 13.7. The highest BCUT2D eigenvalue weighted by Crippen LogP contribution is 2.29. The Hall–Kier alpha value is -2.40. The molecular formula is C24H31FN4. The number of hydrogen-bond acceptors (Lipinski definition) is 2. The van der Waals surface area contributed by atoms with Crippen LogP contribution in [0.15, 0.2) is 53.5 Å². The van der Waals surface area contributed by atoms with Crippen molar-refractivity contribution in [2.75, 3.05) is 25.0 Å². The average Bonchev–Trinajstić information content (AvgIpc) is 2.76. The van der Waals surface area contributed by atoms with E-state index < -0.39 is 0 Å². The van der Waals surface area contributed by atoms with E-state index in [1.165, 1.54) is 42.5 Å². The molecule has 3 N–H and O–H groups in total. The summed E-state index contributed by atoms with van der Waals surface area (Å²) in [5, 5.41) is 3.40. The number of rotatable bonds is 4. The molecule has 1 aliphatic heterocycles. The lowest BCUT2D eigenvalue weighted by molar-refractivity contribution is 0.276. The van der Waals surface area contributed by atoms with Crippen molar-refractivity contribution in [1.29, 1.82) is 0 Å². The van der Waals surface area contributed by atoms with Gasteiger partial charge < -0.3 is 16.0 Å². The van der Waals surface area contributed by atoms with Crippen molar-refractivity contribution in [2.24, 2.45) is 22.6 Å². The number of halogens is 1. The van der Waals surface area contributed by atoms with E-state index >= 15 is 0 Å². The molecule has 1 aliphatic carbocycles. The summed E-state index contributed by atoms with van der Waals surface area (Å²) in [6, 6.07) is 15.2. The van der Waals surface area contributed by atoms with Crippen LogP contribution < -0.4 is 11.1 Å². The second-order valence-corrected chi connectivity index (χ2v) is 8.37. The molecule has 1 fully saturated rings. The molecule has 0 saturated heterocycles. The highest BCUT2D eigenvalue weighted by Gasteiger charge is 2.23. The maximum Gasteiger partial charge on any atom is 0.198 e. The molecular weight excluding hydrogens is 363 g/mol. The van der Waals surface area contributed by atoms with Crippen LogP contribution in [0.4, 0.5) is 10.1 Å². The maximum atomic E-state index is 13.7. The van der Waals surface area contributed by atoms with Crippen molar-refractivity contribution < 1.29 is 4.39 Å². The lowest BCUT2D eigenvalue weighted by Gasteiger charge is -2.33. The smallest absolute Gasteiger partial charge is 0.198 e. The monoisotopic (exact) mass is 394 g/mol. The van der Waals surface area contributed by atoms with E-state index in [1.807, 2.05) is 6.07 Å². The lowest BCUT2D eigenvalue weighted by Crippen LogP contribution is -2.40.